The van der Waals surface area contributed by atoms with Crippen LogP contribution < -0.4 is 11.1 Å². The lowest BCUT2D eigenvalue weighted by atomic mass is 10.3. The number of anilines is 2. The maximum atomic E-state index is 11.7. The average Bonchev–Trinajstić information content (AvgIpc) is 2.79. The molecule has 8 heteroatoms. The molecule has 0 atom stereocenters. The minimum Gasteiger partial charge on any atom is -0.462 e. The SMILES string of the molecule is CCOC(=O)c1c(N)nsc1NCCCOCCOC. The topological polar surface area (TPSA) is 95.7 Å². The Balaban J connectivity index is 2.35. The zero-order chi connectivity index (χ0) is 14.8. The van der Waals surface area contributed by atoms with E-state index in [1.54, 1.807) is 14.0 Å². The van der Waals surface area contributed by atoms with Gasteiger partial charge in [0.25, 0.3) is 0 Å². The molecule has 0 radical (unpaired) electrons. The Labute approximate surface area is 122 Å². The molecule has 0 spiro atoms. The Morgan fingerprint density at radius 3 is 2.90 bits per heavy atom. The summed E-state index contributed by atoms with van der Waals surface area (Å²) in [6.45, 7) is 4.52. The molecule has 0 bridgehead atoms. The van der Waals surface area contributed by atoms with Crippen LogP contribution in [0.1, 0.15) is 23.7 Å². The molecule has 3 N–H and O–H groups in total. The lowest BCUT2D eigenvalue weighted by molar-refractivity contribution is 0.0529. The molecule has 0 unspecified atom stereocenters. The number of hydrogen-bond acceptors (Lipinski definition) is 8. The van der Waals surface area contributed by atoms with Gasteiger partial charge in [-0.1, -0.05) is 0 Å². The molecule has 0 aliphatic heterocycles. The molecular weight excluding hydrogens is 282 g/mol. The number of hydrogen-bond donors (Lipinski definition) is 2. The minimum absolute atomic E-state index is 0.201. The van der Waals surface area contributed by atoms with E-state index in [0.717, 1.165) is 18.0 Å². The van der Waals surface area contributed by atoms with Crippen molar-refractivity contribution in [2.24, 2.45) is 0 Å². The molecular formula is C12H21N3O4S. The molecule has 0 aliphatic rings. The van der Waals surface area contributed by atoms with Gasteiger partial charge in [-0.2, -0.15) is 4.37 Å². The summed E-state index contributed by atoms with van der Waals surface area (Å²) in [5.41, 5.74) is 5.99. The van der Waals surface area contributed by atoms with Crippen LogP contribution in [0.5, 0.6) is 0 Å². The van der Waals surface area contributed by atoms with Crippen LogP contribution in [0.4, 0.5) is 10.8 Å². The summed E-state index contributed by atoms with van der Waals surface area (Å²) >= 11 is 1.15. The van der Waals surface area contributed by atoms with E-state index in [2.05, 4.69) is 9.69 Å². The van der Waals surface area contributed by atoms with Gasteiger partial charge in [-0.3, -0.25) is 0 Å². The minimum atomic E-state index is -0.447. The number of carbonyl (C=O) groups is 1. The Bertz CT molecular complexity index is 411. The summed E-state index contributed by atoms with van der Waals surface area (Å²) < 4.78 is 19.1. The van der Waals surface area contributed by atoms with Crippen molar-refractivity contribution < 1.29 is 19.0 Å². The molecule has 20 heavy (non-hydrogen) atoms. The third kappa shape index (κ3) is 5.32. The van der Waals surface area contributed by atoms with Crippen LogP contribution in [0.25, 0.3) is 0 Å². The van der Waals surface area contributed by atoms with Gasteiger partial charge < -0.3 is 25.3 Å². The van der Waals surface area contributed by atoms with Crippen molar-refractivity contribution in [2.75, 3.05) is 51.1 Å². The Hall–Kier alpha value is -1.38. The third-order valence-corrected chi connectivity index (χ3v) is 3.20. The molecule has 1 aromatic heterocycles. The van der Waals surface area contributed by atoms with E-state index in [1.807, 2.05) is 0 Å². The number of esters is 1. The van der Waals surface area contributed by atoms with Crippen molar-refractivity contribution in [1.82, 2.24) is 4.37 Å². The van der Waals surface area contributed by atoms with Gasteiger partial charge in [0.15, 0.2) is 5.82 Å². The highest BCUT2D eigenvalue weighted by molar-refractivity contribution is 7.11. The normalized spacial score (nSPS) is 10.5. The van der Waals surface area contributed by atoms with Crippen molar-refractivity contribution >= 4 is 28.3 Å². The molecule has 0 fully saturated rings. The summed E-state index contributed by atoms with van der Waals surface area (Å²) in [5, 5.41) is 3.77. The van der Waals surface area contributed by atoms with E-state index in [0.29, 0.717) is 43.5 Å². The number of methoxy groups -OCH3 is 1. The molecule has 0 saturated heterocycles. The zero-order valence-corrected chi connectivity index (χ0v) is 12.6. The second-order valence-corrected chi connectivity index (χ2v) is 4.65. The van der Waals surface area contributed by atoms with E-state index in [9.17, 15) is 4.79 Å². The number of aromatic nitrogens is 1. The third-order valence-electron chi connectivity index (χ3n) is 2.38. The molecule has 0 amide bonds. The number of ether oxygens (including phenoxy) is 3. The predicted molar refractivity (Wildman–Crippen MR) is 78.3 cm³/mol. The lowest BCUT2D eigenvalue weighted by Crippen LogP contribution is -2.12. The molecule has 0 aliphatic carbocycles. The molecule has 1 aromatic rings. The van der Waals surface area contributed by atoms with Crippen LogP contribution >= 0.6 is 11.5 Å². The lowest BCUT2D eigenvalue weighted by Gasteiger charge is -2.07. The summed E-state index contributed by atoms with van der Waals surface area (Å²) in [5.74, 6) is -0.245. The molecule has 0 aromatic carbocycles. The van der Waals surface area contributed by atoms with E-state index in [-0.39, 0.29) is 5.82 Å². The van der Waals surface area contributed by atoms with E-state index in [1.165, 1.54) is 0 Å². The van der Waals surface area contributed by atoms with Crippen molar-refractivity contribution in [2.45, 2.75) is 13.3 Å². The van der Waals surface area contributed by atoms with Gasteiger partial charge in [0.2, 0.25) is 0 Å². The van der Waals surface area contributed by atoms with Gasteiger partial charge >= 0.3 is 5.97 Å². The predicted octanol–water partition coefficient (Wildman–Crippen LogP) is 1.37. The molecule has 114 valence electrons. The van der Waals surface area contributed by atoms with Crippen LogP contribution in [0.3, 0.4) is 0 Å². The van der Waals surface area contributed by atoms with E-state index < -0.39 is 5.97 Å². The summed E-state index contributed by atoms with van der Waals surface area (Å²) in [4.78, 5) is 11.7. The van der Waals surface area contributed by atoms with Crippen LogP contribution in [0.15, 0.2) is 0 Å². The van der Waals surface area contributed by atoms with Gasteiger partial charge in [-0.05, 0) is 24.9 Å². The number of carbonyl (C=O) groups excluding carboxylic acids is 1. The molecule has 1 rings (SSSR count). The largest absolute Gasteiger partial charge is 0.462 e. The van der Waals surface area contributed by atoms with Gasteiger partial charge in [0.05, 0.1) is 19.8 Å². The van der Waals surface area contributed by atoms with E-state index >= 15 is 0 Å². The first kappa shape index (κ1) is 16.7. The first-order valence-electron chi connectivity index (χ1n) is 6.43. The van der Waals surface area contributed by atoms with Crippen molar-refractivity contribution in [3.05, 3.63) is 5.56 Å². The smallest absolute Gasteiger partial charge is 0.344 e. The second-order valence-electron chi connectivity index (χ2n) is 3.88. The maximum absolute atomic E-state index is 11.7. The highest BCUT2D eigenvalue weighted by Crippen LogP contribution is 2.27. The second kappa shape index (κ2) is 9.51. The van der Waals surface area contributed by atoms with Gasteiger partial charge in [-0.15, -0.1) is 0 Å². The fraction of sp³-hybridized carbons (Fsp3) is 0.667. The fourth-order valence-corrected chi connectivity index (χ4v) is 2.17. The number of nitrogens with zero attached hydrogens (tertiary/aromatic N) is 1. The highest BCUT2D eigenvalue weighted by Gasteiger charge is 2.19. The van der Waals surface area contributed by atoms with Crippen molar-refractivity contribution in [3.63, 3.8) is 0 Å². The first-order valence-corrected chi connectivity index (χ1v) is 7.20. The monoisotopic (exact) mass is 303 g/mol. The van der Waals surface area contributed by atoms with Crippen LogP contribution in [-0.4, -0.2) is 50.4 Å². The van der Waals surface area contributed by atoms with Gasteiger partial charge in [0, 0.05) is 20.3 Å². The van der Waals surface area contributed by atoms with Gasteiger partial charge in [-0.25, -0.2) is 4.79 Å². The van der Waals surface area contributed by atoms with Crippen molar-refractivity contribution in [3.8, 4) is 0 Å². The number of rotatable bonds is 10. The summed E-state index contributed by atoms with van der Waals surface area (Å²) in [7, 11) is 1.63. The number of nitrogens with one attached hydrogen (secondary N) is 1. The molecule has 0 saturated carbocycles. The van der Waals surface area contributed by atoms with Crippen LogP contribution in [0.2, 0.25) is 0 Å². The standard InChI is InChI=1S/C12H21N3O4S/c1-3-19-12(16)9-10(13)15-20-11(9)14-5-4-6-18-8-7-17-2/h14H,3-8H2,1-2H3,(H2,13,15). The maximum Gasteiger partial charge on any atom is 0.344 e. The number of nitrogen functional groups attached to an aromatic ring is 1. The highest BCUT2D eigenvalue weighted by atomic mass is 32.1. The Morgan fingerprint density at radius 1 is 1.40 bits per heavy atom. The quantitative estimate of drug-likeness (QED) is 0.498. The fourth-order valence-electron chi connectivity index (χ4n) is 1.44. The van der Waals surface area contributed by atoms with Crippen LogP contribution in [0, 0.1) is 0 Å². The van der Waals surface area contributed by atoms with Crippen molar-refractivity contribution in [1.29, 1.82) is 0 Å². The molecule has 7 nitrogen and oxygen atoms in total. The van der Waals surface area contributed by atoms with Crippen LogP contribution in [-0.2, 0) is 14.2 Å². The summed E-state index contributed by atoms with van der Waals surface area (Å²) in [6, 6.07) is 0. The Morgan fingerprint density at radius 2 is 2.20 bits per heavy atom. The first-order chi connectivity index (χ1) is 9.70. The molecule has 1 heterocycles. The Kier molecular flexibility index (Phi) is 7.93. The number of nitrogens with two attached hydrogens (primary N) is 1. The zero-order valence-electron chi connectivity index (χ0n) is 11.8. The average molecular weight is 303 g/mol. The van der Waals surface area contributed by atoms with E-state index in [4.69, 9.17) is 19.9 Å². The summed E-state index contributed by atoms with van der Waals surface area (Å²) in [6.07, 6.45) is 0.809. The van der Waals surface area contributed by atoms with Gasteiger partial charge in [0.1, 0.15) is 10.6 Å².